The predicted molar refractivity (Wildman–Crippen MR) is 77.3 cm³/mol. The molecule has 1 aromatic carbocycles. The van der Waals surface area contributed by atoms with Crippen molar-refractivity contribution in [3.63, 3.8) is 0 Å². The Bertz CT molecular complexity index is 575. The largest absolute Gasteiger partial charge is 0.387 e. The average molecular weight is 315 g/mol. The van der Waals surface area contributed by atoms with Gasteiger partial charge < -0.3 is 10.4 Å². The second-order valence-electron chi connectivity index (χ2n) is 4.32. The fourth-order valence-corrected chi connectivity index (χ4v) is 2.19. The van der Waals surface area contributed by atoms with E-state index >= 15 is 0 Å². The number of nitrogens with one attached hydrogen (secondary N) is 1. The molecule has 0 amide bonds. The van der Waals surface area contributed by atoms with Gasteiger partial charge in [0.15, 0.2) is 0 Å². The van der Waals surface area contributed by atoms with Crippen LogP contribution in [0.5, 0.6) is 0 Å². The van der Waals surface area contributed by atoms with Crippen LogP contribution in [0, 0.1) is 5.82 Å². The number of halogens is 3. The molecule has 3 nitrogen and oxygen atoms in total. The van der Waals surface area contributed by atoms with Crippen molar-refractivity contribution in [2.45, 2.75) is 12.6 Å². The highest BCUT2D eigenvalue weighted by Gasteiger charge is 2.10. The Balaban J connectivity index is 1.92. The summed E-state index contributed by atoms with van der Waals surface area (Å²) < 4.78 is 13.2. The van der Waals surface area contributed by atoms with E-state index in [-0.39, 0.29) is 11.6 Å². The summed E-state index contributed by atoms with van der Waals surface area (Å²) in [5, 5.41) is 13.9. The Morgan fingerprint density at radius 2 is 2.10 bits per heavy atom. The highest BCUT2D eigenvalue weighted by Crippen LogP contribution is 2.20. The summed E-state index contributed by atoms with van der Waals surface area (Å²) in [6, 6.07) is 5.79. The van der Waals surface area contributed by atoms with Crippen LogP contribution in [-0.2, 0) is 6.54 Å². The molecule has 0 spiro atoms. The van der Waals surface area contributed by atoms with Crippen molar-refractivity contribution in [1.29, 1.82) is 0 Å². The topological polar surface area (TPSA) is 45.1 Å². The second kappa shape index (κ2) is 6.99. The molecule has 0 aliphatic rings. The molecule has 0 bridgehead atoms. The molecule has 0 radical (unpaired) electrons. The molecule has 0 saturated heterocycles. The van der Waals surface area contributed by atoms with Gasteiger partial charge in [-0.15, -0.1) is 0 Å². The minimum Gasteiger partial charge on any atom is -0.387 e. The molecule has 1 heterocycles. The van der Waals surface area contributed by atoms with E-state index in [1.54, 1.807) is 18.5 Å². The third-order valence-electron chi connectivity index (χ3n) is 2.78. The van der Waals surface area contributed by atoms with Gasteiger partial charge in [-0.3, -0.25) is 4.98 Å². The van der Waals surface area contributed by atoms with Crippen LogP contribution in [0.25, 0.3) is 0 Å². The van der Waals surface area contributed by atoms with Crippen molar-refractivity contribution in [2.75, 3.05) is 6.54 Å². The highest BCUT2D eigenvalue weighted by atomic mass is 35.5. The van der Waals surface area contributed by atoms with Crippen molar-refractivity contribution in [2.24, 2.45) is 0 Å². The van der Waals surface area contributed by atoms with Gasteiger partial charge in [0.2, 0.25) is 0 Å². The average Bonchev–Trinajstić information content (AvgIpc) is 2.39. The number of aliphatic hydroxyl groups is 1. The standard InChI is InChI=1S/C14H13Cl2FN2O/c15-11-3-10(4-12(17)5-11)14(20)8-19-6-9-1-2-18-7-13(9)16/h1-5,7,14,19-20H,6,8H2. The zero-order chi connectivity index (χ0) is 14.5. The highest BCUT2D eigenvalue weighted by molar-refractivity contribution is 6.31. The molecular formula is C14H13Cl2FN2O. The fraction of sp³-hybridized carbons (Fsp3) is 0.214. The lowest BCUT2D eigenvalue weighted by atomic mass is 10.1. The maximum Gasteiger partial charge on any atom is 0.125 e. The van der Waals surface area contributed by atoms with Gasteiger partial charge in [-0.1, -0.05) is 23.2 Å². The Hall–Kier alpha value is -1.20. The Kier molecular flexibility index (Phi) is 5.31. The molecule has 2 aromatic rings. The van der Waals surface area contributed by atoms with Gasteiger partial charge in [0.05, 0.1) is 11.1 Å². The van der Waals surface area contributed by atoms with Crippen molar-refractivity contribution in [1.82, 2.24) is 10.3 Å². The van der Waals surface area contributed by atoms with E-state index in [9.17, 15) is 9.50 Å². The van der Waals surface area contributed by atoms with E-state index in [0.29, 0.717) is 17.1 Å². The molecule has 0 aliphatic carbocycles. The van der Waals surface area contributed by atoms with Crippen LogP contribution in [0.2, 0.25) is 10.0 Å². The van der Waals surface area contributed by atoms with Gasteiger partial charge in [0, 0.05) is 30.5 Å². The molecule has 1 atom stereocenters. The van der Waals surface area contributed by atoms with Crippen molar-refractivity contribution >= 4 is 23.2 Å². The zero-order valence-electron chi connectivity index (χ0n) is 10.5. The van der Waals surface area contributed by atoms with Crippen LogP contribution in [0.15, 0.2) is 36.7 Å². The monoisotopic (exact) mass is 314 g/mol. The van der Waals surface area contributed by atoms with E-state index in [1.807, 2.05) is 0 Å². The van der Waals surface area contributed by atoms with Crippen molar-refractivity contribution in [3.05, 3.63) is 63.6 Å². The molecule has 106 valence electrons. The van der Waals surface area contributed by atoms with Gasteiger partial charge in [0.25, 0.3) is 0 Å². The van der Waals surface area contributed by atoms with Crippen LogP contribution < -0.4 is 5.32 Å². The first kappa shape index (κ1) is 15.2. The van der Waals surface area contributed by atoms with Crippen LogP contribution in [0.3, 0.4) is 0 Å². The summed E-state index contributed by atoms with van der Waals surface area (Å²) in [5.41, 5.74) is 1.31. The third-order valence-corrected chi connectivity index (χ3v) is 3.34. The Morgan fingerprint density at radius 3 is 2.80 bits per heavy atom. The minimum atomic E-state index is -0.844. The molecule has 20 heavy (non-hydrogen) atoms. The van der Waals surface area contributed by atoms with Crippen molar-refractivity contribution in [3.8, 4) is 0 Å². The van der Waals surface area contributed by atoms with Crippen LogP contribution >= 0.6 is 23.2 Å². The summed E-state index contributed by atoms with van der Waals surface area (Å²) in [4.78, 5) is 3.89. The zero-order valence-corrected chi connectivity index (χ0v) is 12.0. The maximum atomic E-state index is 13.2. The van der Waals surface area contributed by atoms with Gasteiger partial charge in [0.1, 0.15) is 5.82 Å². The smallest absolute Gasteiger partial charge is 0.125 e. The van der Waals surface area contributed by atoms with Gasteiger partial charge >= 0.3 is 0 Å². The molecule has 0 saturated carbocycles. The first-order valence-corrected chi connectivity index (χ1v) is 6.75. The molecule has 0 fully saturated rings. The number of hydrogen-bond donors (Lipinski definition) is 2. The summed E-state index contributed by atoms with van der Waals surface area (Å²) in [5.74, 6) is -0.469. The van der Waals surface area contributed by atoms with Gasteiger partial charge in [-0.25, -0.2) is 4.39 Å². The van der Waals surface area contributed by atoms with Crippen LogP contribution in [-0.4, -0.2) is 16.6 Å². The van der Waals surface area contributed by atoms with Gasteiger partial charge in [-0.2, -0.15) is 0 Å². The quantitative estimate of drug-likeness (QED) is 0.889. The number of aliphatic hydroxyl groups excluding tert-OH is 1. The molecule has 1 aromatic heterocycles. The molecular weight excluding hydrogens is 302 g/mol. The van der Waals surface area contributed by atoms with E-state index in [2.05, 4.69) is 10.3 Å². The van der Waals surface area contributed by atoms with E-state index in [0.717, 1.165) is 5.56 Å². The number of nitrogens with zero attached hydrogens (tertiary/aromatic N) is 1. The third kappa shape index (κ3) is 4.15. The minimum absolute atomic E-state index is 0.260. The molecule has 0 aliphatic heterocycles. The summed E-state index contributed by atoms with van der Waals surface area (Å²) in [6.07, 6.45) is 2.36. The first-order valence-electron chi connectivity index (χ1n) is 5.99. The fourth-order valence-electron chi connectivity index (χ4n) is 1.78. The number of benzene rings is 1. The molecule has 1 unspecified atom stereocenters. The number of pyridine rings is 1. The SMILES string of the molecule is OC(CNCc1ccncc1Cl)c1cc(F)cc(Cl)c1. The molecule has 2 rings (SSSR count). The summed E-state index contributed by atoms with van der Waals surface area (Å²) >= 11 is 11.7. The lowest BCUT2D eigenvalue weighted by Gasteiger charge is -2.13. The number of hydrogen-bond acceptors (Lipinski definition) is 3. The second-order valence-corrected chi connectivity index (χ2v) is 5.16. The normalized spacial score (nSPS) is 12.4. The lowest BCUT2D eigenvalue weighted by Crippen LogP contribution is -2.21. The van der Waals surface area contributed by atoms with Crippen molar-refractivity contribution < 1.29 is 9.50 Å². The van der Waals surface area contributed by atoms with Gasteiger partial charge in [-0.05, 0) is 35.4 Å². The predicted octanol–water partition coefficient (Wildman–Crippen LogP) is 3.35. The van der Waals surface area contributed by atoms with E-state index < -0.39 is 11.9 Å². The van der Waals surface area contributed by atoms with E-state index in [4.69, 9.17) is 23.2 Å². The maximum absolute atomic E-state index is 13.2. The molecule has 6 heteroatoms. The number of rotatable bonds is 5. The summed E-state index contributed by atoms with van der Waals surface area (Å²) in [6.45, 7) is 0.750. The lowest BCUT2D eigenvalue weighted by molar-refractivity contribution is 0.174. The van der Waals surface area contributed by atoms with Crippen LogP contribution in [0.4, 0.5) is 4.39 Å². The Labute approximate surface area is 126 Å². The van der Waals surface area contributed by atoms with E-state index in [1.165, 1.54) is 18.2 Å². The number of aromatic nitrogens is 1. The van der Waals surface area contributed by atoms with Crippen LogP contribution in [0.1, 0.15) is 17.2 Å². The molecule has 2 N–H and O–H groups in total. The Morgan fingerprint density at radius 1 is 1.30 bits per heavy atom. The summed E-state index contributed by atoms with van der Waals surface area (Å²) in [7, 11) is 0. The first-order chi connectivity index (χ1) is 9.56.